The molecule has 0 unspecified atom stereocenters. The third-order valence-corrected chi connectivity index (χ3v) is 4.31. The van der Waals surface area contributed by atoms with Crippen molar-refractivity contribution in [3.8, 4) is 5.88 Å². The third kappa shape index (κ3) is 5.41. The molecule has 0 saturated heterocycles. The fraction of sp³-hybridized carbons (Fsp3) is 0.286. The van der Waals surface area contributed by atoms with E-state index in [9.17, 15) is 9.90 Å². The normalized spacial score (nSPS) is 12.4. The second-order valence-corrected chi connectivity index (χ2v) is 6.55. The Morgan fingerprint density at radius 1 is 1.30 bits per heavy atom. The Morgan fingerprint density at radius 3 is 2.56 bits per heavy atom. The molecule has 1 heterocycles. The Labute approximate surface area is 159 Å². The molecule has 0 aliphatic rings. The van der Waals surface area contributed by atoms with Crippen LogP contribution in [-0.4, -0.2) is 21.7 Å². The molecule has 6 nitrogen and oxygen atoms in total. The lowest BCUT2D eigenvalue weighted by atomic mass is 10.1. The maximum absolute atomic E-state index is 12.5. The van der Waals surface area contributed by atoms with Gasteiger partial charge in [0.25, 0.3) is 5.91 Å². The minimum atomic E-state index is -0.380. The van der Waals surface area contributed by atoms with Crippen molar-refractivity contribution in [2.24, 2.45) is 0 Å². The van der Waals surface area contributed by atoms with E-state index in [4.69, 9.17) is 5.41 Å². The molecule has 1 atom stereocenters. The maximum Gasteiger partial charge on any atom is 0.254 e. The number of carbonyl (C=O) groups is 1. The molecule has 1 aromatic carbocycles. The number of nitrogens with one attached hydrogen (secondary N) is 3. The summed E-state index contributed by atoms with van der Waals surface area (Å²) >= 11 is 0. The second-order valence-electron chi connectivity index (χ2n) is 6.55. The molecule has 0 aliphatic heterocycles. The highest BCUT2D eigenvalue weighted by atomic mass is 16.3. The molecule has 0 spiro atoms. The van der Waals surface area contributed by atoms with Crippen LogP contribution in [0.4, 0.5) is 0 Å². The molecule has 0 fully saturated rings. The standard InChI is InChI=1S/C21H26N4O2/c1-13-10-14(2)25-21(27)18(13)11-24-20(26)19(15(3)22)12-23-16(4)17-8-6-5-7-9-17/h5-10,12,16,22-23H,11H2,1-4H3,(H,24,26)(H,25,27)/b19-12+,22-15?/t16-/m1/s1. The molecular formula is C21H26N4O2. The van der Waals surface area contributed by atoms with Crippen molar-refractivity contribution in [3.05, 3.63) is 70.6 Å². The van der Waals surface area contributed by atoms with Gasteiger partial charge in [-0.3, -0.25) is 4.79 Å². The summed E-state index contributed by atoms with van der Waals surface area (Å²) in [6.45, 7) is 7.35. The van der Waals surface area contributed by atoms with Crippen molar-refractivity contribution in [2.75, 3.05) is 0 Å². The average Bonchev–Trinajstić information content (AvgIpc) is 2.61. The minimum Gasteiger partial charge on any atom is -0.493 e. The van der Waals surface area contributed by atoms with Crippen LogP contribution in [0.5, 0.6) is 5.88 Å². The van der Waals surface area contributed by atoms with Gasteiger partial charge < -0.3 is 21.1 Å². The van der Waals surface area contributed by atoms with Gasteiger partial charge in [-0.05, 0) is 44.9 Å². The lowest BCUT2D eigenvalue weighted by Gasteiger charge is -2.15. The molecule has 2 rings (SSSR count). The Bertz CT molecular complexity index is 837. The summed E-state index contributed by atoms with van der Waals surface area (Å²) in [6.07, 6.45) is 1.56. The van der Waals surface area contributed by atoms with E-state index in [1.165, 1.54) is 0 Å². The Balaban J connectivity index is 2.08. The molecule has 2 aromatic rings. The Morgan fingerprint density at radius 2 is 1.96 bits per heavy atom. The number of pyridine rings is 1. The highest BCUT2D eigenvalue weighted by Gasteiger charge is 2.15. The SMILES string of the molecule is CC(=N)/C(=C\N[C@H](C)c1ccccc1)C(=O)NCc1c(C)cc(C)nc1O. The van der Waals surface area contributed by atoms with Gasteiger partial charge in [-0.15, -0.1) is 0 Å². The van der Waals surface area contributed by atoms with Gasteiger partial charge >= 0.3 is 0 Å². The molecule has 6 heteroatoms. The Hall–Kier alpha value is -3.15. The predicted octanol–water partition coefficient (Wildman–Crippen LogP) is 3.29. The second kappa shape index (κ2) is 8.98. The lowest BCUT2D eigenvalue weighted by molar-refractivity contribution is -0.117. The summed E-state index contributed by atoms with van der Waals surface area (Å²) in [7, 11) is 0. The van der Waals surface area contributed by atoms with Gasteiger partial charge in [0.15, 0.2) is 0 Å². The topological polar surface area (TPSA) is 98.1 Å². The van der Waals surface area contributed by atoms with Gasteiger partial charge in [-0.2, -0.15) is 0 Å². The van der Waals surface area contributed by atoms with Crippen LogP contribution >= 0.6 is 0 Å². The zero-order chi connectivity index (χ0) is 20.0. The molecule has 0 radical (unpaired) electrons. The van der Waals surface area contributed by atoms with Crippen LogP contribution in [0.1, 0.15) is 42.3 Å². The molecule has 4 N–H and O–H groups in total. The number of benzene rings is 1. The number of aromatic hydroxyl groups is 1. The highest BCUT2D eigenvalue weighted by Crippen LogP contribution is 2.19. The number of hydrogen-bond acceptors (Lipinski definition) is 5. The number of rotatable bonds is 7. The first-order chi connectivity index (χ1) is 12.8. The fourth-order valence-corrected chi connectivity index (χ4v) is 2.72. The predicted molar refractivity (Wildman–Crippen MR) is 107 cm³/mol. The molecule has 142 valence electrons. The van der Waals surface area contributed by atoms with Crippen molar-refractivity contribution >= 4 is 11.6 Å². The summed E-state index contributed by atoms with van der Waals surface area (Å²) in [6, 6.07) is 11.7. The van der Waals surface area contributed by atoms with Crippen LogP contribution in [0.25, 0.3) is 0 Å². The fourth-order valence-electron chi connectivity index (χ4n) is 2.72. The van der Waals surface area contributed by atoms with E-state index in [1.54, 1.807) is 20.0 Å². The number of aryl methyl sites for hydroxylation is 2. The summed E-state index contributed by atoms with van der Waals surface area (Å²) in [5.41, 5.74) is 3.63. The molecule has 1 amide bonds. The van der Waals surface area contributed by atoms with Gasteiger partial charge in [0, 0.05) is 35.8 Å². The van der Waals surface area contributed by atoms with Crippen molar-refractivity contribution in [2.45, 2.75) is 40.3 Å². The van der Waals surface area contributed by atoms with Crippen LogP contribution in [0.15, 0.2) is 48.2 Å². The van der Waals surface area contributed by atoms with Crippen molar-refractivity contribution < 1.29 is 9.90 Å². The van der Waals surface area contributed by atoms with Crippen molar-refractivity contribution in [1.29, 1.82) is 5.41 Å². The van der Waals surface area contributed by atoms with Crippen LogP contribution in [-0.2, 0) is 11.3 Å². The van der Waals surface area contributed by atoms with Crippen LogP contribution in [0.3, 0.4) is 0 Å². The molecule has 1 aromatic heterocycles. The molecule has 27 heavy (non-hydrogen) atoms. The van der Waals surface area contributed by atoms with E-state index in [0.717, 1.165) is 16.8 Å². The quantitative estimate of drug-likeness (QED) is 0.446. The van der Waals surface area contributed by atoms with E-state index in [0.29, 0.717) is 5.56 Å². The van der Waals surface area contributed by atoms with Crippen molar-refractivity contribution in [3.63, 3.8) is 0 Å². The van der Waals surface area contributed by atoms with E-state index in [-0.39, 0.29) is 35.7 Å². The largest absolute Gasteiger partial charge is 0.493 e. The number of nitrogens with zero attached hydrogens (tertiary/aromatic N) is 1. The summed E-state index contributed by atoms with van der Waals surface area (Å²) in [5.74, 6) is -0.463. The van der Waals surface area contributed by atoms with Gasteiger partial charge in [0.1, 0.15) is 0 Å². The summed E-state index contributed by atoms with van der Waals surface area (Å²) < 4.78 is 0. The van der Waals surface area contributed by atoms with Gasteiger partial charge in [-0.1, -0.05) is 30.3 Å². The zero-order valence-electron chi connectivity index (χ0n) is 16.1. The first kappa shape index (κ1) is 20.2. The number of hydrogen-bond donors (Lipinski definition) is 4. The number of aromatic nitrogens is 1. The minimum absolute atomic E-state index is 0.000868. The summed E-state index contributed by atoms with van der Waals surface area (Å²) in [4.78, 5) is 16.6. The van der Waals surface area contributed by atoms with Gasteiger partial charge in [-0.25, -0.2) is 4.98 Å². The third-order valence-electron chi connectivity index (χ3n) is 4.31. The van der Waals surface area contributed by atoms with Crippen LogP contribution < -0.4 is 10.6 Å². The van der Waals surface area contributed by atoms with Crippen LogP contribution in [0, 0.1) is 19.3 Å². The monoisotopic (exact) mass is 366 g/mol. The van der Waals surface area contributed by atoms with E-state index in [1.807, 2.05) is 50.2 Å². The summed E-state index contributed by atoms with van der Waals surface area (Å²) in [5, 5.41) is 23.8. The molecular weight excluding hydrogens is 340 g/mol. The average molecular weight is 366 g/mol. The molecule has 0 bridgehead atoms. The molecule has 0 saturated carbocycles. The zero-order valence-corrected chi connectivity index (χ0v) is 16.1. The lowest BCUT2D eigenvalue weighted by Crippen LogP contribution is -2.29. The van der Waals surface area contributed by atoms with Gasteiger partial charge in [0.2, 0.25) is 5.88 Å². The smallest absolute Gasteiger partial charge is 0.254 e. The number of carbonyl (C=O) groups excluding carboxylic acids is 1. The molecule has 0 aliphatic carbocycles. The Kier molecular flexibility index (Phi) is 6.71. The number of amides is 1. The first-order valence-electron chi connectivity index (χ1n) is 8.80. The van der Waals surface area contributed by atoms with Gasteiger partial charge in [0.05, 0.1) is 5.57 Å². The van der Waals surface area contributed by atoms with Crippen molar-refractivity contribution in [1.82, 2.24) is 15.6 Å². The highest BCUT2D eigenvalue weighted by molar-refractivity contribution is 6.19. The maximum atomic E-state index is 12.5. The van der Waals surface area contributed by atoms with Crippen LogP contribution in [0.2, 0.25) is 0 Å². The van der Waals surface area contributed by atoms with E-state index < -0.39 is 0 Å². The first-order valence-corrected chi connectivity index (χ1v) is 8.80. The van der Waals surface area contributed by atoms with E-state index >= 15 is 0 Å². The van der Waals surface area contributed by atoms with E-state index in [2.05, 4.69) is 15.6 Å².